The molecule has 0 radical (unpaired) electrons. The zero-order valence-corrected chi connectivity index (χ0v) is 9.33. The van der Waals surface area contributed by atoms with Crippen LogP contribution in [0.2, 0.25) is 0 Å². The minimum absolute atomic E-state index is 0. The minimum atomic E-state index is -4.30. The second-order valence-electron chi connectivity index (χ2n) is 3.43. The number of hydrogen-bond donors (Lipinski definition) is 1. The molecule has 6 heteroatoms. The lowest BCUT2D eigenvalue weighted by molar-refractivity contribution is -0.138. The lowest BCUT2D eigenvalue weighted by Crippen LogP contribution is -2.20. The maximum atomic E-state index is 12.8. The molecule has 16 heavy (non-hydrogen) atoms. The quantitative estimate of drug-likeness (QED) is 0.806. The number of alkyl halides is 3. The van der Waals surface area contributed by atoms with Gasteiger partial charge in [-0.2, -0.15) is 13.2 Å². The molecule has 0 aliphatic rings. The van der Waals surface area contributed by atoms with Crippen LogP contribution < -0.4 is 5.73 Å². The van der Waals surface area contributed by atoms with Crippen molar-refractivity contribution in [1.29, 1.82) is 0 Å². The van der Waals surface area contributed by atoms with Crippen molar-refractivity contribution in [2.45, 2.75) is 25.6 Å². The van der Waals surface area contributed by atoms with Crippen LogP contribution in [0.4, 0.5) is 17.6 Å². The molecule has 2 N–H and O–H groups in total. The molecule has 0 saturated heterocycles. The Labute approximate surface area is 97.0 Å². The molecule has 1 rings (SSSR count). The molecule has 0 unspecified atom stereocenters. The van der Waals surface area contributed by atoms with Crippen molar-refractivity contribution in [1.82, 2.24) is 0 Å². The summed E-state index contributed by atoms with van der Waals surface area (Å²) in [4.78, 5) is 0. The fourth-order valence-corrected chi connectivity index (χ4v) is 1.27. The smallest absolute Gasteiger partial charge is 0.324 e. The van der Waals surface area contributed by atoms with Crippen LogP contribution in [0.15, 0.2) is 18.2 Å². The molecule has 0 bridgehead atoms. The van der Waals surface area contributed by atoms with Crippen LogP contribution in [-0.2, 0) is 0 Å². The van der Waals surface area contributed by atoms with Crippen LogP contribution in [0.25, 0.3) is 0 Å². The minimum Gasteiger partial charge on any atom is -0.324 e. The first-order valence-corrected chi connectivity index (χ1v) is 4.38. The van der Waals surface area contributed by atoms with Gasteiger partial charge in [0.2, 0.25) is 0 Å². The summed E-state index contributed by atoms with van der Waals surface area (Å²) in [6, 6.07) is 2.61. The fourth-order valence-electron chi connectivity index (χ4n) is 1.27. The molecular formula is C10H12ClF4N. The summed E-state index contributed by atoms with van der Waals surface area (Å²) >= 11 is 0. The summed E-state index contributed by atoms with van der Waals surface area (Å²) in [6.07, 6.45) is -5.40. The highest BCUT2D eigenvalue weighted by Gasteiger charge is 2.30. The summed E-state index contributed by atoms with van der Waals surface area (Å²) in [6.45, 7) is 1.49. The van der Waals surface area contributed by atoms with Crippen LogP contribution in [0.5, 0.6) is 0 Å². The predicted molar refractivity (Wildman–Crippen MR) is 56.0 cm³/mol. The second kappa shape index (κ2) is 5.50. The molecule has 92 valence electrons. The van der Waals surface area contributed by atoms with E-state index in [4.69, 9.17) is 5.73 Å². The SMILES string of the molecule is Cc1cc([C@@H](N)CC(F)(F)F)ccc1F.Cl. The number of halogens is 5. The third-order valence-electron chi connectivity index (χ3n) is 2.06. The van der Waals surface area contributed by atoms with E-state index in [0.717, 1.165) is 6.07 Å². The third kappa shape index (κ3) is 4.37. The Kier molecular flexibility index (Phi) is 5.22. The van der Waals surface area contributed by atoms with Crippen LogP contribution >= 0.6 is 12.4 Å². The zero-order chi connectivity index (χ0) is 11.6. The Balaban J connectivity index is 0.00000225. The number of benzene rings is 1. The molecule has 0 aromatic heterocycles. The van der Waals surface area contributed by atoms with Gasteiger partial charge in [-0.3, -0.25) is 0 Å². The van der Waals surface area contributed by atoms with Gasteiger partial charge < -0.3 is 5.73 Å². The van der Waals surface area contributed by atoms with E-state index < -0.39 is 24.5 Å². The van der Waals surface area contributed by atoms with Gasteiger partial charge in [0, 0.05) is 6.04 Å². The summed E-state index contributed by atoms with van der Waals surface area (Å²) in [5, 5.41) is 0. The van der Waals surface area contributed by atoms with Crippen molar-refractivity contribution < 1.29 is 17.6 Å². The molecule has 0 saturated carbocycles. The van der Waals surface area contributed by atoms with Gasteiger partial charge in [-0.25, -0.2) is 4.39 Å². The molecule has 0 aliphatic heterocycles. The van der Waals surface area contributed by atoms with E-state index in [2.05, 4.69) is 0 Å². The monoisotopic (exact) mass is 257 g/mol. The predicted octanol–water partition coefficient (Wildman–Crippen LogP) is 3.51. The van der Waals surface area contributed by atoms with Crippen molar-refractivity contribution >= 4 is 12.4 Å². The average molecular weight is 258 g/mol. The van der Waals surface area contributed by atoms with Crippen LogP contribution in [-0.4, -0.2) is 6.18 Å². The largest absolute Gasteiger partial charge is 0.390 e. The highest BCUT2D eigenvalue weighted by molar-refractivity contribution is 5.85. The summed E-state index contributed by atoms with van der Waals surface area (Å²) < 4.78 is 48.9. The Morgan fingerprint density at radius 1 is 1.31 bits per heavy atom. The van der Waals surface area contributed by atoms with Crippen molar-refractivity contribution in [3.8, 4) is 0 Å². The Hall–Kier alpha value is -0.810. The highest BCUT2D eigenvalue weighted by atomic mass is 35.5. The Morgan fingerprint density at radius 3 is 2.31 bits per heavy atom. The van der Waals surface area contributed by atoms with E-state index in [9.17, 15) is 17.6 Å². The summed E-state index contributed by atoms with van der Waals surface area (Å²) in [7, 11) is 0. The molecule has 0 fully saturated rings. The van der Waals surface area contributed by atoms with Crippen molar-refractivity contribution in [3.05, 3.63) is 35.1 Å². The standard InChI is InChI=1S/C10H11F4N.ClH/c1-6-4-7(2-3-8(6)11)9(15)5-10(12,13)14;/h2-4,9H,5,15H2,1H3;1H/t9-;/m0./s1. The maximum Gasteiger partial charge on any atom is 0.390 e. The van der Waals surface area contributed by atoms with Gasteiger partial charge in [0.05, 0.1) is 6.42 Å². The maximum absolute atomic E-state index is 12.8. The van der Waals surface area contributed by atoms with Gasteiger partial charge in [-0.15, -0.1) is 12.4 Å². The van der Waals surface area contributed by atoms with Gasteiger partial charge in [-0.1, -0.05) is 12.1 Å². The second-order valence-corrected chi connectivity index (χ2v) is 3.43. The number of rotatable bonds is 2. The third-order valence-corrected chi connectivity index (χ3v) is 2.06. The first-order chi connectivity index (χ1) is 6.79. The average Bonchev–Trinajstić information content (AvgIpc) is 2.06. The van der Waals surface area contributed by atoms with E-state index in [-0.39, 0.29) is 12.4 Å². The van der Waals surface area contributed by atoms with E-state index in [1.54, 1.807) is 0 Å². The molecule has 0 spiro atoms. The molecule has 1 aromatic rings. The Morgan fingerprint density at radius 2 is 1.88 bits per heavy atom. The van der Waals surface area contributed by atoms with Gasteiger partial charge in [0.1, 0.15) is 5.82 Å². The van der Waals surface area contributed by atoms with Gasteiger partial charge >= 0.3 is 6.18 Å². The molecule has 1 atom stereocenters. The van der Waals surface area contributed by atoms with E-state index in [1.807, 2.05) is 0 Å². The van der Waals surface area contributed by atoms with Crippen molar-refractivity contribution in [2.24, 2.45) is 5.73 Å². The number of hydrogen-bond acceptors (Lipinski definition) is 1. The summed E-state index contributed by atoms with van der Waals surface area (Å²) in [5.74, 6) is -0.446. The van der Waals surface area contributed by atoms with Crippen LogP contribution in [0.1, 0.15) is 23.6 Å². The highest BCUT2D eigenvalue weighted by Crippen LogP contribution is 2.28. The molecule has 0 heterocycles. The molecular weight excluding hydrogens is 246 g/mol. The Bertz CT molecular complexity index is 351. The number of nitrogens with two attached hydrogens (primary N) is 1. The van der Waals surface area contributed by atoms with Crippen LogP contribution in [0.3, 0.4) is 0 Å². The lowest BCUT2D eigenvalue weighted by atomic mass is 10.0. The lowest BCUT2D eigenvalue weighted by Gasteiger charge is -2.14. The fraction of sp³-hybridized carbons (Fsp3) is 0.400. The van der Waals surface area contributed by atoms with E-state index >= 15 is 0 Å². The first-order valence-electron chi connectivity index (χ1n) is 4.38. The summed E-state index contributed by atoms with van der Waals surface area (Å²) in [5.41, 5.74) is 5.95. The number of aryl methyl sites for hydroxylation is 1. The van der Waals surface area contributed by atoms with Crippen molar-refractivity contribution in [3.63, 3.8) is 0 Å². The van der Waals surface area contributed by atoms with Crippen LogP contribution in [0, 0.1) is 12.7 Å². The molecule has 0 aliphatic carbocycles. The first kappa shape index (κ1) is 15.2. The van der Waals surface area contributed by atoms with Gasteiger partial charge in [-0.05, 0) is 24.1 Å². The normalized spacial score (nSPS) is 13.1. The van der Waals surface area contributed by atoms with Crippen molar-refractivity contribution in [2.75, 3.05) is 0 Å². The molecule has 1 nitrogen and oxygen atoms in total. The van der Waals surface area contributed by atoms with E-state index in [1.165, 1.54) is 19.1 Å². The molecule has 1 aromatic carbocycles. The zero-order valence-electron chi connectivity index (χ0n) is 8.51. The molecule has 0 amide bonds. The van der Waals surface area contributed by atoms with Gasteiger partial charge in [0.25, 0.3) is 0 Å². The topological polar surface area (TPSA) is 26.0 Å². The van der Waals surface area contributed by atoms with Gasteiger partial charge in [0.15, 0.2) is 0 Å². The van der Waals surface area contributed by atoms with E-state index in [0.29, 0.717) is 11.1 Å².